The van der Waals surface area contributed by atoms with Crippen molar-refractivity contribution in [3.63, 3.8) is 0 Å². The van der Waals surface area contributed by atoms with Gasteiger partial charge in [0.25, 0.3) is 0 Å². The predicted octanol–water partition coefficient (Wildman–Crippen LogP) is 1.84. The van der Waals surface area contributed by atoms with Crippen LogP contribution in [0.25, 0.3) is 0 Å². The second-order valence-electron chi connectivity index (χ2n) is 10.9. The first-order valence-electron chi connectivity index (χ1n) is 13.9. The fourth-order valence-corrected chi connectivity index (χ4v) is 5.94. The number of aromatic nitrogens is 4. The second-order valence-corrected chi connectivity index (χ2v) is 10.9. The number of tetrazole rings is 1. The van der Waals surface area contributed by atoms with Crippen molar-refractivity contribution in [2.24, 2.45) is 5.73 Å². The quantitative estimate of drug-likeness (QED) is 0.364. The van der Waals surface area contributed by atoms with Crippen molar-refractivity contribution in [3.8, 4) is 0 Å². The van der Waals surface area contributed by atoms with Crippen molar-refractivity contribution in [1.29, 1.82) is 0 Å². The van der Waals surface area contributed by atoms with E-state index in [2.05, 4.69) is 85.4 Å². The Balaban J connectivity index is 1.33. The summed E-state index contributed by atoms with van der Waals surface area (Å²) in [4.78, 5) is 31.2. The van der Waals surface area contributed by atoms with E-state index >= 15 is 0 Å². The lowest BCUT2D eigenvalue weighted by molar-refractivity contribution is -0.137. The second kappa shape index (κ2) is 12.5. The fraction of sp³-hybridized carbons (Fsp3) is 0.483. The highest BCUT2D eigenvalue weighted by molar-refractivity contribution is 5.89. The SMILES string of the molecule is CC(N)C(=O)NC(CCc1nn[nH]n1)C(=O)N1CC(c2ccccc2)CC1CN1CCC(c2ccccc2)C1. The van der Waals surface area contributed by atoms with E-state index in [9.17, 15) is 9.59 Å². The van der Waals surface area contributed by atoms with Gasteiger partial charge in [0.1, 0.15) is 6.04 Å². The Labute approximate surface area is 229 Å². The maximum Gasteiger partial charge on any atom is 0.245 e. The minimum atomic E-state index is -0.713. The third-order valence-electron chi connectivity index (χ3n) is 8.05. The number of carbonyl (C=O) groups is 2. The Kier molecular flexibility index (Phi) is 8.63. The van der Waals surface area contributed by atoms with Gasteiger partial charge in [-0.15, -0.1) is 10.2 Å². The number of aromatic amines is 1. The van der Waals surface area contributed by atoms with Crippen LogP contribution < -0.4 is 11.1 Å². The number of nitrogens with zero attached hydrogens (tertiary/aromatic N) is 5. The molecule has 5 unspecified atom stereocenters. The van der Waals surface area contributed by atoms with E-state index in [1.165, 1.54) is 11.1 Å². The molecule has 2 aromatic carbocycles. The summed E-state index contributed by atoms with van der Waals surface area (Å²) in [5.41, 5.74) is 8.46. The minimum absolute atomic E-state index is 0.0529. The van der Waals surface area contributed by atoms with Crippen LogP contribution in [-0.2, 0) is 16.0 Å². The molecule has 39 heavy (non-hydrogen) atoms. The lowest BCUT2D eigenvalue weighted by Crippen LogP contribution is -2.54. The van der Waals surface area contributed by atoms with Gasteiger partial charge in [-0.25, -0.2) is 0 Å². The molecule has 10 heteroatoms. The highest BCUT2D eigenvalue weighted by Gasteiger charge is 2.40. The van der Waals surface area contributed by atoms with Gasteiger partial charge in [0.15, 0.2) is 5.82 Å². The molecular formula is C29H38N8O2. The predicted molar refractivity (Wildman–Crippen MR) is 148 cm³/mol. The highest BCUT2D eigenvalue weighted by atomic mass is 16.2. The van der Waals surface area contributed by atoms with Crippen molar-refractivity contribution in [3.05, 3.63) is 77.6 Å². The van der Waals surface area contributed by atoms with E-state index in [1.54, 1.807) is 6.92 Å². The average Bonchev–Trinajstić information content (AvgIpc) is 3.73. The van der Waals surface area contributed by atoms with Crippen LogP contribution in [0.1, 0.15) is 55.0 Å². The van der Waals surface area contributed by atoms with Crippen molar-refractivity contribution < 1.29 is 9.59 Å². The number of likely N-dealkylation sites (tertiary alicyclic amines) is 2. The molecule has 0 bridgehead atoms. The number of H-pyrrole nitrogens is 1. The largest absolute Gasteiger partial charge is 0.343 e. The molecule has 2 saturated heterocycles. The van der Waals surface area contributed by atoms with Crippen LogP contribution >= 0.6 is 0 Å². The standard InChI is InChI=1S/C29H38N8O2/c1-20(30)28(38)31-26(12-13-27-32-34-35-33-27)29(39)37-18-24(22-10-6-3-7-11-22)16-25(37)19-36-15-14-23(17-36)21-8-4-2-5-9-21/h2-11,20,23-26H,12-19,30H2,1H3,(H,31,38)(H,32,33,34,35). The first-order valence-corrected chi connectivity index (χ1v) is 13.9. The Morgan fingerprint density at radius 1 is 1.05 bits per heavy atom. The van der Waals surface area contributed by atoms with Gasteiger partial charge in [-0.3, -0.25) is 9.59 Å². The molecule has 206 valence electrons. The number of amides is 2. The maximum absolute atomic E-state index is 14.1. The van der Waals surface area contributed by atoms with Gasteiger partial charge in [0, 0.05) is 38.0 Å². The molecule has 4 N–H and O–H groups in total. The number of aryl methyl sites for hydroxylation is 1. The summed E-state index contributed by atoms with van der Waals surface area (Å²) in [6, 6.07) is 19.7. The van der Waals surface area contributed by atoms with E-state index in [0.29, 0.717) is 31.1 Å². The summed E-state index contributed by atoms with van der Waals surface area (Å²) in [5.74, 6) is 0.841. The average molecular weight is 531 g/mol. The highest BCUT2D eigenvalue weighted by Crippen LogP contribution is 2.35. The molecule has 0 radical (unpaired) electrons. The molecule has 5 rings (SSSR count). The molecule has 0 spiro atoms. The van der Waals surface area contributed by atoms with Gasteiger partial charge < -0.3 is 20.9 Å². The van der Waals surface area contributed by atoms with Gasteiger partial charge >= 0.3 is 0 Å². The number of nitrogens with one attached hydrogen (secondary N) is 2. The number of nitrogens with two attached hydrogens (primary N) is 1. The number of benzene rings is 2. The van der Waals surface area contributed by atoms with E-state index in [4.69, 9.17) is 5.73 Å². The van der Waals surface area contributed by atoms with E-state index in [1.807, 2.05) is 11.0 Å². The van der Waals surface area contributed by atoms with Crippen molar-refractivity contribution in [2.45, 2.75) is 62.6 Å². The van der Waals surface area contributed by atoms with Gasteiger partial charge in [-0.1, -0.05) is 65.9 Å². The summed E-state index contributed by atoms with van der Waals surface area (Å²) >= 11 is 0. The molecule has 2 aliphatic rings. The van der Waals surface area contributed by atoms with Gasteiger partial charge in [-0.2, -0.15) is 5.21 Å². The van der Waals surface area contributed by atoms with Crippen LogP contribution in [0.4, 0.5) is 0 Å². The first kappa shape index (κ1) is 27.0. The van der Waals surface area contributed by atoms with Crippen LogP contribution in [0.2, 0.25) is 0 Å². The number of rotatable bonds is 10. The molecule has 10 nitrogen and oxygen atoms in total. The van der Waals surface area contributed by atoms with Crippen molar-refractivity contribution >= 4 is 11.8 Å². The van der Waals surface area contributed by atoms with Crippen LogP contribution in [-0.4, -0.2) is 86.5 Å². The normalized spacial score (nSPS) is 23.0. The number of hydrogen-bond donors (Lipinski definition) is 3. The maximum atomic E-state index is 14.1. The lowest BCUT2D eigenvalue weighted by Gasteiger charge is -2.32. The molecule has 0 aliphatic carbocycles. The van der Waals surface area contributed by atoms with Crippen molar-refractivity contribution in [2.75, 3.05) is 26.2 Å². The molecule has 2 aliphatic heterocycles. The zero-order valence-electron chi connectivity index (χ0n) is 22.4. The van der Waals surface area contributed by atoms with Crippen LogP contribution in [0.5, 0.6) is 0 Å². The summed E-state index contributed by atoms with van der Waals surface area (Å²) in [7, 11) is 0. The topological polar surface area (TPSA) is 133 Å². The van der Waals surface area contributed by atoms with Gasteiger partial charge in [0.05, 0.1) is 6.04 Å². The monoisotopic (exact) mass is 530 g/mol. The summed E-state index contributed by atoms with van der Waals surface area (Å²) in [5, 5.41) is 17.0. The summed E-state index contributed by atoms with van der Waals surface area (Å²) in [6.07, 6.45) is 2.79. The first-order chi connectivity index (χ1) is 19.0. The molecule has 5 atom stereocenters. The van der Waals surface area contributed by atoms with Gasteiger partial charge in [-0.05, 0) is 49.8 Å². The van der Waals surface area contributed by atoms with Crippen LogP contribution in [0.3, 0.4) is 0 Å². The zero-order chi connectivity index (χ0) is 27.2. The molecule has 2 fully saturated rings. The fourth-order valence-electron chi connectivity index (χ4n) is 5.94. The summed E-state index contributed by atoms with van der Waals surface area (Å²) in [6.45, 7) is 5.06. The molecule has 1 aromatic heterocycles. The van der Waals surface area contributed by atoms with E-state index in [-0.39, 0.29) is 23.8 Å². The van der Waals surface area contributed by atoms with Crippen molar-refractivity contribution in [1.82, 2.24) is 35.7 Å². The number of carbonyl (C=O) groups excluding carboxylic acids is 2. The molecule has 3 aromatic rings. The third kappa shape index (κ3) is 6.69. The molecular weight excluding hydrogens is 492 g/mol. The third-order valence-corrected chi connectivity index (χ3v) is 8.05. The van der Waals surface area contributed by atoms with Crippen LogP contribution in [0.15, 0.2) is 60.7 Å². The van der Waals surface area contributed by atoms with Gasteiger partial charge in [0.2, 0.25) is 11.8 Å². The Morgan fingerprint density at radius 3 is 2.38 bits per heavy atom. The Hall–Kier alpha value is -3.63. The zero-order valence-corrected chi connectivity index (χ0v) is 22.4. The number of hydrogen-bond acceptors (Lipinski definition) is 7. The van der Waals surface area contributed by atoms with E-state index < -0.39 is 12.1 Å². The van der Waals surface area contributed by atoms with Crippen LogP contribution in [0, 0.1) is 0 Å². The Morgan fingerprint density at radius 2 is 1.74 bits per heavy atom. The molecule has 2 amide bonds. The molecule has 3 heterocycles. The summed E-state index contributed by atoms with van der Waals surface area (Å²) < 4.78 is 0. The molecule has 0 saturated carbocycles. The Bertz CT molecular complexity index is 1200. The smallest absolute Gasteiger partial charge is 0.245 e. The lowest BCUT2D eigenvalue weighted by atomic mass is 9.96. The minimum Gasteiger partial charge on any atom is -0.343 e. The van der Waals surface area contributed by atoms with E-state index in [0.717, 1.165) is 32.5 Å².